The Morgan fingerprint density at radius 1 is 1.27 bits per heavy atom. The van der Waals surface area contributed by atoms with Gasteiger partial charge in [-0.3, -0.25) is 9.59 Å². The van der Waals surface area contributed by atoms with Gasteiger partial charge >= 0.3 is 5.97 Å². The maximum atomic E-state index is 13.6. The first kappa shape index (κ1) is 20.8. The van der Waals surface area contributed by atoms with Crippen LogP contribution in [-0.2, 0) is 25.5 Å². The van der Waals surface area contributed by atoms with Crippen molar-refractivity contribution in [3.05, 3.63) is 35.9 Å². The van der Waals surface area contributed by atoms with Gasteiger partial charge in [0.2, 0.25) is 11.6 Å². The van der Waals surface area contributed by atoms with Crippen molar-refractivity contribution in [1.29, 1.82) is 0 Å². The van der Waals surface area contributed by atoms with Gasteiger partial charge in [-0.25, -0.2) is 4.79 Å². The predicted octanol–water partition coefficient (Wildman–Crippen LogP) is 1.87. The molecule has 0 bridgehead atoms. The van der Waals surface area contributed by atoms with Crippen LogP contribution in [0, 0.1) is 5.92 Å². The Hall–Kier alpha value is -2.41. The van der Waals surface area contributed by atoms with E-state index in [1.54, 1.807) is 13.8 Å². The summed E-state index contributed by atoms with van der Waals surface area (Å²) in [5, 5.41) is 11.4. The Morgan fingerprint density at radius 3 is 2.70 bits per heavy atom. The van der Waals surface area contributed by atoms with Crippen LogP contribution in [0.5, 0.6) is 0 Å². The van der Waals surface area contributed by atoms with Gasteiger partial charge in [-0.15, -0.1) is 0 Å². The zero-order valence-corrected chi connectivity index (χ0v) is 17.6. The topological polar surface area (TPSA) is 87.2 Å². The highest BCUT2D eigenvalue weighted by atomic mass is 16.5. The number of amides is 2. The molecule has 3 aliphatic rings. The lowest BCUT2D eigenvalue weighted by Gasteiger charge is -2.49. The molecule has 1 aliphatic carbocycles. The average Bonchev–Trinajstić information content (AvgIpc) is 3.28. The summed E-state index contributed by atoms with van der Waals surface area (Å²) >= 11 is 0. The van der Waals surface area contributed by atoms with E-state index in [1.807, 2.05) is 30.3 Å². The molecule has 30 heavy (non-hydrogen) atoms. The van der Waals surface area contributed by atoms with Crippen LogP contribution >= 0.6 is 0 Å². The van der Waals surface area contributed by atoms with E-state index >= 15 is 0 Å². The molecule has 1 saturated carbocycles. The van der Waals surface area contributed by atoms with E-state index in [9.17, 15) is 19.5 Å². The Morgan fingerprint density at radius 2 is 2.00 bits per heavy atom. The minimum Gasteiger partial charge on any atom is -0.464 e. The van der Waals surface area contributed by atoms with Crippen LogP contribution in [0.1, 0.15) is 51.5 Å². The summed E-state index contributed by atoms with van der Waals surface area (Å²) in [6, 6.07) is 7.87. The molecule has 1 N–H and O–H groups in total. The number of aryl methyl sites for hydroxylation is 1. The first-order chi connectivity index (χ1) is 14.4. The fourth-order valence-electron chi connectivity index (χ4n) is 5.54. The number of ether oxygens (including phenoxy) is 1. The summed E-state index contributed by atoms with van der Waals surface area (Å²) < 4.78 is 5.26. The van der Waals surface area contributed by atoms with Crippen molar-refractivity contribution >= 4 is 17.8 Å². The SMILES string of the molecule is CCOC(=O)[C@H](CCc1ccccc1)N1C(=O)C2(O)C[C@@H]3CCC[C@@H]3N2C(=O)[C@@H]1C. The molecule has 0 aromatic heterocycles. The van der Waals surface area contributed by atoms with E-state index < -0.39 is 29.7 Å². The van der Waals surface area contributed by atoms with Crippen LogP contribution in [0.3, 0.4) is 0 Å². The molecule has 2 saturated heterocycles. The molecular formula is C23H30N2O5. The molecule has 2 aliphatic heterocycles. The summed E-state index contributed by atoms with van der Waals surface area (Å²) in [7, 11) is 0. The van der Waals surface area contributed by atoms with E-state index in [1.165, 1.54) is 9.80 Å². The molecule has 0 radical (unpaired) electrons. The van der Waals surface area contributed by atoms with Gasteiger partial charge < -0.3 is 19.6 Å². The van der Waals surface area contributed by atoms with Gasteiger partial charge in [0.1, 0.15) is 12.1 Å². The van der Waals surface area contributed by atoms with E-state index in [2.05, 4.69) is 0 Å². The highest BCUT2D eigenvalue weighted by molar-refractivity contribution is 6.01. The van der Waals surface area contributed by atoms with Crippen molar-refractivity contribution in [3.63, 3.8) is 0 Å². The first-order valence-electron chi connectivity index (χ1n) is 11.0. The molecule has 0 spiro atoms. The fraction of sp³-hybridized carbons (Fsp3) is 0.609. The van der Waals surface area contributed by atoms with E-state index in [0.717, 1.165) is 24.8 Å². The van der Waals surface area contributed by atoms with Gasteiger partial charge in [-0.2, -0.15) is 0 Å². The molecule has 3 fully saturated rings. The normalized spacial score (nSPS) is 31.5. The van der Waals surface area contributed by atoms with Crippen LogP contribution in [0.2, 0.25) is 0 Å². The lowest BCUT2D eigenvalue weighted by molar-refractivity contribution is -0.200. The number of piperazine rings is 1. The minimum atomic E-state index is -1.85. The van der Waals surface area contributed by atoms with Gasteiger partial charge in [-0.05, 0) is 51.0 Å². The van der Waals surface area contributed by atoms with Gasteiger partial charge in [0, 0.05) is 12.5 Å². The Balaban J connectivity index is 1.63. The van der Waals surface area contributed by atoms with Crippen LogP contribution in [0.4, 0.5) is 0 Å². The van der Waals surface area contributed by atoms with Crippen LogP contribution in [0.25, 0.3) is 0 Å². The number of hydrogen-bond donors (Lipinski definition) is 1. The molecule has 5 atom stereocenters. The Labute approximate surface area is 177 Å². The van der Waals surface area contributed by atoms with Crippen LogP contribution < -0.4 is 0 Å². The largest absolute Gasteiger partial charge is 0.464 e. The maximum absolute atomic E-state index is 13.6. The first-order valence-corrected chi connectivity index (χ1v) is 11.0. The third-order valence-electron chi connectivity index (χ3n) is 6.93. The van der Waals surface area contributed by atoms with E-state index in [0.29, 0.717) is 12.8 Å². The highest BCUT2D eigenvalue weighted by Gasteiger charge is 2.64. The van der Waals surface area contributed by atoms with Crippen molar-refractivity contribution in [2.75, 3.05) is 6.61 Å². The zero-order valence-electron chi connectivity index (χ0n) is 17.6. The summed E-state index contributed by atoms with van der Waals surface area (Å²) in [5.41, 5.74) is -0.817. The molecule has 2 amide bonds. The molecule has 1 aromatic carbocycles. The van der Waals surface area contributed by atoms with Crippen molar-refractivity contribution in [1.82, 2.24) is 9.80 Å². The maximum Gasteiger partial charge on any atom is 0.328 e. The van der Waals surface area contributed by atoms with Gasteiger partial charge in [-0.1, -0.05) is 36.8 Å². The van der Waals surface area contributed by atoms with E-state index in [-0.39, 0.29) is 30.9 Å². The number of carbonyl (C=O) groups is 3. The third kappa shape index (κ3) is 3.29. The quantitative estimate of drug-likeness (QED) is 0.718. The number of benzene rings is 1. The molecule has 7 nitrogen and oxygen atoms in total. The minimum absolute atomic E-state index is 0.0820. The second kappa shape index (κ2) is 8.02. The molecule has 162 valence electrons. The third-order valence-corrected chi connectivity index (χ3v) is 6.93. The van der Waals surface area contributed by atoms with Crippen LogP contribution in [0.15, 0.2) is 30.3 Å². The zero-order chi connectivity index (χ0) is 21.5. The molecule has 2 heterocycles. The number of aliphatic hydroxyl groups is 1. The molecule has 4 rings (SSSR count). The van der Waals surface area contributed by atoms with Gasteiger partial charge in [0.25, 0.3) is 5.91 Å². The number of nitrogens with zero attached hydrogens (tertiary/aromatic N) is 2. The highest BCUT2D eigenvalue weighted by Crippen LogP contribution is 2.48. The lowest BCUT2D eigenvalue weighted by Crippen LogP contribution is -2.72. The van der Waals surface area contributed by atoms with Crippen molar-refractivity contribution in [3.8, 4) is 0 Å². The van der Waals surface area contributed by atoms with Crippen molar-refractivity contribution in [2.45, 2.75) is 76.2 Å². The number of esters is 1. The van der Waals surface area contributed by atoms with Crippen molar-refractivity contribution in [2.24, 2.45) is 5.92 Å². The fourth-order valence-corrected chi connectivity index (χ4v) is 5.54. The smallest absolute Gasteiger partial charge is 0.328 e. The molecule has 1 unspecified atom stereocenters. The van der Waals surface area contributed by atoms with E-state index in [4.69, 9.17) is 4.74 Å². The average molecular weight is 415 g/mol. The molecule has 1 aromatic rings. The summed E-state index contributed by atoms with van der Waals surface area (Å²) in [5.74, 6) is -1.22. The summed E-state index contributed by atoms with van der Waals surface area (Å²) in [4.78, 5) is 42.4. The second-order valence-corrected chi connectivity index (χ2v) is 8.67. The lowest BCUT2D eigenvalue weighted by atomic mass is 9.94. The number of rotatable bonds is 6. The number of fused-ring (bicyclic) bond motifs is 3. The monoisotopic (exact) mass is 414 g/mol. The summed E-state index contributed by atoms with van der Waals surface area (Å²) in [6.07, 6.45) is 3.86. The summed E-state index contributed by atoms with van der Waals surface area (Å²) in [6.45, 7) is 3.55. The van der Waals surface area contributed by atoms with Crippen LogP contribution in [-0.4, -0.2) is 63.1 Å². The number of carbonyl (C=O) groups excluding carboxylic acids is 3. The predicted molar refractivity (Wildman–Crippen MR) is 109 cm³/mol. The van der Waals surface area contributed by atoms with Gasteiger partial charge in [0.15, 0.2) is 0 Å². The van der Waals surface area contributed by atoms with Crippen molar-refractivity contribution < 1.29 is 24.2 Å². The molecule has 7 heteroatoms. The standard InChI is InChI=1S/C23H30N2O5/c1-3-30-21(27)19(13-12-16-8-5-4-6-9-16)24-15(2)20(26)25-18-11-7-10-17(18)14-23(25,29)22(24)28/h4-6,8-9,15,17-19,29H,3,7,10-14H2,1-2H3/t15-,17-,18-,19-,23?/m0/s1. The Kier molecular flexibility index (Phi) is 5.57. The molecular weight excluding hydrogens is 384 g/mol. The van der Waals surface area contributed by atoms with Gasteiger partial charge in [0.05, 0.1) is 6.61 Å². The second-order valence-electron chi connectivity index (χ2n) is 8.67. The number of hydrogen-bond acceptors (Lipinski definition) is 5. The Bertz CT molecular complexity index is 828.